The Balaban J connectivity index is 1.50. The molecule has 0 aliphatic heterocycles. The molecule has 3 rings (SSSR count). The van der Waals surface area contributed by atoms with E-state index < -0.39 is 5.97 Å². The first-order chi connectivity index (χ1) is 14.0. The highest BCUT2D eigenvalue weighted by molar-refractivity contribution is 7.12. The molecule has 0 atom stereocenters. The van der Waals surface area contributed by atoms with E-state index in [0.717, 1.165) is 11.1 Å². The zero-order chi connectivity index (χ0) is 20.6. The van der Waals surface area contributed by atoms with Crippen LogP contribution >= 0.6 is 11.3 Å². The Morgan fingerprint density at radius 1 is 1.03 bits per heavy atom. The molecular formula is C22H20N2O4S. The molecule has 29 heavy (non-hydrogen) atoms. The van der Waals surface area contributed by atoms with Gasteiger partial charge in [0.15, 0.2) is 6.61 Å². The lowest BCUT2D eigenvalue weighted by Crippen LogP contribution is -2.24. The van der Waals surface area contributed by atoms with Crippen LogP contribution < -0.4 is 14.9 Å². The second-order valence-corrected chi connectivity index (χ2v) is 7.29. The average molecular weight is 408 g/mol. The Labute approximate surface area is 172 Å². The molecule has 1 N–H and O–H groups in total. The van der Waals surface area contributed by atoms with Crippen molar-refractivity contribution in [1.82, 2.24) is 5.43 Å². The van der Waals surface area contributed by atoms with Crippen LogP contribution in [0.15, 0.2) is 65.1 Å². The highest BCUT2D eigenvalue weighted by Crippen LogP contribution is 2.17. The molecule has 2 aromatic carbocycles. The summed E-state index contributed by atoms with van der Waals surface area (Å²) >= 11 is 1.32. The predicted octanol–water partition coefficient (Wildman–Crippen LogP) is 4.11. The number of hydrazone groups is 1. The van der Waals surface area contributed by atoms with Crippen LogP contribution in [-0.4, -0.2) is 24.7 Å². The van der Waals surface area contributed by atoms with E-state index in [1.807, 2.05) is 37.4 Å². The van der Waals surface area contributed by atoms with Crippen LogP contribution in [0.1, 0.15) is 26.4 Å². The molecule has 6 nitrogen and oxygen atoms in total. The Morgan fingerprint density at radius 2 is 1.83 bits per heavy atom. The fourth-order valence-corrected chi connectivity index (χ4v) is 3.19. The number of nitrogens with one attached hydrogen (secondary N) is 1. The van der Waals surface area contributed by atoms with E-state index in [1.54, 1.807) is 36.4 Å². The molecule has 3 aromatic rings. The van der Waals surface area contributed by atoms with Crippen LogP contribution in [0.25, 0.3) is 0 Å². The van der Waals surface area contributed by atoms with Gasteiger partial charge in [-0.15, -0.1) is 11.3 Å². The van der Waals surface area contributed by atoms with E-state index in [-0.39, 0.29) is 12.5 Å². The molecule has 0 bridgehead atoms. The first-order valence-electron chi connectivity index (χ1n) is 8.88. The second kappa shape index (κ2) is 9.66. The minimum Gasteiger partial charge on any atom is -0.484 e. The number of ether oxygens (including phenoxy) is 2. The summed E-state index contributed by atoms with van der Waals surface area (Å²) in [7, 11) is 0. The Morgan fingerprint density at radius 3 is 2.55 bits per heavy atom. The minimum atomic E-state index is -0.411. The van der Waals surface area contributed by atoms with E-state index in [1.165, 1.54) is 17.6 Å². The third-order valence-electron chi connectivity index (χ3n) is 3.76. The van der Waals surface area contributed by atoms with Crippen LogP contribution in [0.3, 0.4) is 0 Å². The van der Waals surface area contributed by atoms with Gasteiger partial charge in [0.25, 0.3) is 5.91 Å². The summed E-state index contributed by atoms with van der Waals surface area (Å²) in [5.74, 6) is 0.255. The van der Waals surface area contributed by atoms with E-state index >= 15 is 0 Å². The summed E-state index contributed by atoms with van der Waals surface area (Å²) in [6.07, 6.45) is 1.47. The van der Waals surface area contributed by atoms with Gasteiger partial charge in [0, 0.05) is 0 Å². The maximum atomic E-state index is 12.0. The molecule has 0 unspecified atom stereocenters. The van der Waals surface area contributed by atoms with Crippen molar-refractivity contribution in [2.45, 2.75) is 13.8 Å². The van der Waals surface area contributed by atoms with Crippen LogP contribution in [0.2, 0.25) is 0 Å². The SMILES string of the molecule is Cc1cc(C)cc(OCC(=O)N/N=C/c2cccc(OC(=O)c3cccs3)c2)c1. The van der Waals surface area contributed by atoms with Crippen molar-refractivity contribution >= 4 is 29.4 Å². The summed E-state index contributed by atoms with van der Waals surface area (Å²) in [6, 6.07) is 16.1. The van der Waals surface area contributed by atoms with Gasteiger partial charge in [-0.1, -0.05) is 24.3 Å². The normalized spacial score (nSPS) is 10.7. The summed E-state index contributed by atoms with van der Waals surface area (Å²) in [5.41, 5.74) is 5.23. The van der Waals surface area contributed by atoms with Crippen LogP contribution in [0.5, 0.6) is 11.5 Å². The lowest BCUT2D eigenvalue weighted by atomic mass is 10.1. The van der Waals surface area contributed by atoms with Crippen molar-refractivity contribution in [2.75, 3.05) is 6.61 Å². The maximum absolute atomic E-state index is 12.0. The molecule has 1 amide bonds. The smallest absolute Gasteiger partial charge is 0.353 e. The summed E-state index contributed by atoms with van der Waals surface area (Å²) < 4.78 is 10.8. The number of hydrogen-bond acceptors (Lipinski definition) is 6. The van der Waals surface area contributed by atoms with Gasteiger partial charge >= 0.3 is 5.97 Å². The number of amides is 1. The van der Waals surface area contributed by atoms with Gasteiger partial charge in [-0.2, -0.15) is 5.10 Å². The first-order valence-corrected chi connectivity index (χ1v) is 9.76. The average Bonchev–Trinajstić information content (AvgIpc) is 3.21. The van der Waals surface area contributed by atoms with Crippen molar-refractivity contribution in [2.24, 2.45) is 5.10 Å². The summed E-state index contributed by atoms with van der Waals surface area (Å²) in [6.45, 7) is 3.80. The monoisotopic (exact) mass is 408 g/mol. The molecule has 0 aliphatic carbocycles. The number of esters is 1. The van der Waals surface area contributed by atoms with Gasteiger partial charge in [0.2, 0.25) is 0 Å². The number of benzene rings is 2. The topological polar surface area (TPSA) is 77.0 Å². The number of carbonyl (C=O) groups is 2. The number of rotatable bonds is 7. The fourth-order valence-electron chi connectivity index (χ4n) is 2.59. The van der Waals surface area contributed by atoms with E-state index in [2.05, 4.69) is 10.5 Å². The number of hydrogen-bond donors (Lipinski definition) is 1. The van der Waals surface area contributed by atoms with Crippen molar-refractivity contribution < 1.29 is 19.1 Å². The highest BCUT2D eigenvalue weighted by Gasteiger charge is 2.09. The minimum absolute atomic E-state index is 0.140. The molecule has 7 heteroatoms. The van der Waals surface area contributed by atoms with E-state index in [4.69, 9.17) is 9.47 Å². The lowest BCUT2D eigenvalue weighted by Gasteiger charge is -2.07. The van der Waals surface area contributed by atoms with Crippen LogP contribution in [0.4, 0.5) is 0 Å². The van der Waals surface area contributed by atoms with Crippen molar-refractivity contribution in [3.05, 3.63) is 81.5 Å². The van der Waals surface area contributed by atoms with Crippen LogP contribution in [-0.2, 0) is 4.79 Å². The van der Waals surface area contributed by atoms with Crippen molar-refractivity contribution in [1.29, 1.82) is 0 Å². The Hall–Kier alpha value is -3.45. The predicted molar refractivity (Wildman–Crippen MR) is 113 cm³/mol. The Bertz CT molecular complexity index is 1010. The fraction of sp³-hybridized carbons (Fsp3) is 0.136. The molecule has 1 heterocycles. The molecule has 0 saturated carbocycles. The van der Waals surface area contributed by atoms with Crippen molar-refractivity contribution in [3.8, 4) is 11.5 Å². The molecule has 148 valence electrons. The van der Waals surface area contributed by atoms with Gasteiger partial charge in [-0.3, -0.25) is 4.79 Å². The molecular weight excluding hydrogens is 388 g/mol. The third-order valence-corrected chi connectivity index (χ3v) is 4.61. The van der Waals surface area contributed by atoms with Crippen LogP contribution in [0, 0.1) is 13.8 Å². The zero-order valence-corrected chi connectivity index (χ0v) is 16.9. The van der Waals surface area contributed by atoms with Gasteiger partial charge in [-0.05, 0) is 66.2 Å². The van der Waals surface area contributed by atoms with E-state index in [9.17, 15) is 9.59 Å². The van der Waals surface area contributed by atoms with Gasteiger partial charge in [0.1, 0.15) is 16.4 Å². The summed E-state index contributed by atoms with van der Waals surface area (Å²) in [5, 5.41) is 5.73. The zero-order valence-electron chi connectivity index (χ0n) is 16.0. The number of nitrogens with zero attached hydrogens (tertiary/aromatic N) is 1. The molecule has 0 radical (unpaired) electrons. The summed E-state index contributed by atoms with van der Waals surface area (Å²) in [4.78, 5) is 24.4. The van der Waals surface area contributed by atoms with Gasteiger partial charge in [0.05, 0.1) is 6.21 Å². The van der Waals surface area contributed by atoms with Gasteiger partial charge in [-0.25, -0.2) is 10.2 Å². The maximum Gasteiger partial charge on any atom is 0.353 e. The molecule has 0 fully saturated rings. The number of carbonyl (C=O) groups excluding carboxylic acids is 2. The quantitative estimate of drug-likeness (QED) is 0.276. The van der Waals surface area contributed by atoms with E-state index in [0.29, 0.717) is 21.9 Å². The van der Waals surface area contributed by atoms with Crippen molar-refractivity contribution in [3.63, 3.8) is 0 Å². The first kappa shape index (κ1) is 20.3. The largest absolute Gasteiger partial charge is 0.484 e. The highest BCUT2D eigenvalue weighted by atomic mass is 32.1. The number of aryl methyl sites for hydroxylation is 2. The number of thiophene rings is 1. The third kappa shape index (κ3) is 6.29. The lowest BCUT2D eigenvalue weighted by molar-refractivity contribution is -0.123. The van der Waals surface area contributed by atoms with Gasteiger partial charge < -0.3 is 9.47 Å². The standard InChI is InChI=1S/C22H20N2O4S/c1-15-9-16(2)11-19(10-15)27-14-21(25)24-23-13-17-5-3-6-18(12-17)28-22(26)20-7-4-8-29-20/h3-13H,14H2,1-2H3,(H,24,25)/b23-13+. The molecule has 0 spiro atoms. The molecule has 0 aliphatic rings. The Kier molecular flexibility index (Phi) is 6.76. The molecule has 1 aromatic heterocycles. The molecule has 0 saturated heterocycles. The second-order valence-electron chi connectivity index (χ2n) is 6.34.